The molecule has 1 N–H and O–H groups in total. The Hall–Kier alpha value is -1.42. The van der Waals surface area contributed by atoms with Gasteiger partial charge in [0.25, 0.3) is 0 Å². The highest BCUT2D eigenvalue weighted by Gasteiger charge is 2.03. The molecular weight excluding hydrogens is 278 g/mol. The third kappa shape index (κ3) is 2.82. The Bertz CT molecular complexity index is 552. The molecule has 0 atom stereocenters. The van der Waals surface area contributed by atoms with Gasteiger partial charge in [-0.1, -0.05) is 0 Å². The van der Waals surface area contributed by atoms with Crippen molar-refractivity contribution in [1.29, 1.82) is 0 Å². The molecule has 0 amide bonds. The van der Waals surface area contributed by atoms with Gasteiger partial charge in [-0.25, -0.2) is 4.98 Å². The first-order valence-corrected chi connectivity index (χ1v) is 6.19. The quantitative estimate of drug-likeness (QED) is 0.912. The molecule has 17 heavy (non-hydrogen) atoms. The fourth-order valence-corrected chi connectivity index (χ4v) is 1.78. The zero-order chi connectivity index (χ0) is 12.4. The first-order valence-electron chi connectivity index (χ1n) is 5.39. The Morgan fingerprint density at radius 1 is 1.18 bits per heavy atom. The van der Waals surface area contributed by atoms with Crippen molar-refractivity contribution >= 4 is 27.4 Å². The number of aromatic nitrogens is 2. The highest BCUT2D eigenvalue weighted by Crippen LogP contribution is 2.21. The molecule has 2 rings (SSSR count). The van der Waals surface area contributed by atoms with Crippen LogP contribution in [0.15, 0.2) is 28.9 Å². The fraction of sp³-hybridized carbons (Fsp3) is 0.231. The molecule has 0 aliphatic rings. The smallest absolute Gasteiger partial charge is 0.130 e. The van der Waals surface area contributed by atoms with E-state index in [1.165, 1.54) is 0 Å². The van der Waals surface area contributed by atoms with Gasteiger partial charge in [-0.15, -0.1) is 0 Å². The van der Waals surface area contributed by atoms with E-state index < -0.39 is 0 Å². The molecule has 4 heteroatoms. The molecule has 0 bridgehead atoms. The Kier molecular flexibility index (Phi) is 3.43. The maximum absolute atomic E-state index is 4.41. The first kappa shape index (κ1) is 12.0. The van der Waals surface area contributed by atoms with Gasteiger partial charge in [0, 0.05) is 16.4 Å². The third-order valence-corrected chi connectivity index (χ3v) is 3.36. The second kappa shape index (κ2) is 4.84. The van der Waals surface area contributed by atoms with E-state index in [0.717, 1.165) is 32.9 Å². The van der Waals surface area contributed by atoms with Crippen LogP contribution in [-0.2, 0) is 0 Å². The lowest BCUT2D eigenvalue weighted by atomic mass is 10.2. The molecule has 0 fully saturated rings. The van der Waals surface area contributed by atoms with E-state index >= 15 is 0 Å². The number of nitrogens with zero attached hydrogens (tertiary/aromatic N) is 2. The van der Waals surface area contributed by atoms with Crippen LogP contribution in [0, 0.1) is 20.8 Å². The van der Waals surface area contributed by atoms with Gasteiger partial charge in [-0.3, -0.25) is 4.98 Å². The number of anilines is 2. The van der Waals surface area contributed by atoms with Crippen LogP contribution in [0.5, 0.6) is 0 Å². The van der Waals surface area contributed by atoms with Crippen molar-refractivity contribution in [3.8, 4) is 0 Å². The van der Waals surface area contributed by atoms with Gasteiger partial charge >= 0.3 is 0 Å². The Labute approximate surface area is 109 Å². The summed E-state index contributed by atoms with van der Waals surface area (Å²) in [5.74, 6) is 0.833. The maximum Gasteiger partial charge on any atom is 0.130 e. The van der Waals surface area contributed by atoms with Crippen molar-refractivity contribution in [3.05, 3.63) is 45.8 Å². The molecule has 0 radical (unpaired) electrons. The van der Waals surface area contributed by atoms with Crippen LogP contribution in [0.4, 0.5) is 11.5 Å². The molecule has 0 aromatic carbocycles. The zero-order valence-electron chi connectivity index (χ0n) is 10.1. The highest BCUT2D eigenvalue weighted by atomic mass is 79.9. The van der Waals surface area contributed by atoms with Crippen LogP contribution in [0.3, 0.4) is 0 Å². The summed E-state index contributed by atoms with van der Waals surface area (Å²) in [4.78, 5) is 8.72. The number of pyridine rings is 2. The predicted molar refractivity (Wildman–Crippen MR) is 73.7 cm³/mol. The molecule has 0 aliphatic carbocycles. The largest absolute Gasteiger partial charge is 0.339 e. The minimum Gasteiger partial charge on any atom is -0.339 e. The summed E-state index contributed by atoms with van der Waals surface area (Å²) in [5.41, 5.74) is 4.14. The molecule has 2 aromatic rings. The number of halogens is 1. The molecule has 2 aromatic heterocycles. The van der Waals surface area contributed by atoms with Crippen molar-refractivity contribution in [1.82, 2.24) is 9.97 Å². The van der Waals surface area contributed by atoms with Gasteiger partial charge in [-0.2, -0.15) is 0 Å². The minimum absolute atomic E-state index is 0.833. The monoisotopic (exact) mass is 291 g/mol. The Morgan fingerprint density at radius 3 is 2.59 bits per heavy atom. The van der Waals surface area contributed by atoms with E-state index in [0.29, 0.717) is 0 Å². The van der Waals surface area contributed by atoms with Crippen LogP contribution >= 0.6 is 15.9 Å². The van der Waals surface area contributed by atoms with Gasteiger partial charge < -0.3 is 5.32 Å². The Morgan fingerprint density at radius 2 is 1.94 bits per heavy atom. The summed E-state index contributed by atoms with van der Waals surface area (Å²) in [5, 5.41) is 3.27. The first-order chi connectivity index (χ1) is 8.06. The summed E-state index contributed by atoms with van der Waals surface area (Å²) in [6.07, 6.45) is 1.80. The number of hydrogen-bond acceptors (Lipinski definition) is 3. The van der Waals surface area contributed by atoms with E-state index in [-0.39, 0.29) is 0 Å². The van der Waals surface area contributed by atoms with E-state index in [1.54, 1.807) is 6.20 Å². The Balaban J connectivity index is 2.28. The standard InChI is InChI=1S/C13H14BrN3/c1-8-6-13(15-7-11(8)14)17-12-5-4-9(2)16-10(12)3/h4-7H,1-3H3,(H,15,17). The molecule has 0 unspecified atom stereocenters. The van der Waals surface area contributed by atoms with Crippen LogP contribution in [0.25, 0.3) is 0 Å². The van der Waals surface area contributed by atoms with Crippen molar-refractivity contribution < 1.29 is 0 Å². The number of nitrogens with one attached hydrogen (secondary N) is 1. The molecule has 0 saturated carbocycles. The van der Waals surface area contributed by atoms with Crippen molar-refractivity contribution in [3.63, 3.8) is 0 Å². The van der Waals surface area contributed by atoms with Gasteiger partial charge in [0.2, 0.25) is 0 Å². The summed E-state index contributed by atoms with van der Waals surface area (Å²) in [6, 6.07) is 6.02. The molecule has 3 nitrogen and oxygen atoms in total. The average Bonchev–Trinajstić information content (AvgIpc) is 2.27. The SMILES string of the molecule is Cc1ccc(Nc2cc(C)c(Br)cn2)c(C)n1. The summed E-state index contributed by atoms with van der Waals surface area (Å²) < 4.78 is 1.02. The fourth-order valence-electron chi connectivity index (χ4n) is 1.56. The minimum atomic E-state index is 0.833. The normalized spacial score (nSPS) is 10.4. The second-order valence-electron chi connectivity index (χ2n) is 4.03. The van der Waals surface area contributed by atoms with Gasteiger partial charge in [0.05, 0.1) is 11.4 Å². The number of rotatable bonds is 2. The molecule has 88 valence electrons. The lowest BCUT2D eigenvalue weighted by Crippen LogP contribution is -1.98. The molecule has 2 heterocycles. The number of aryl methyl sites for hydroxylation is 3. The van der Waals surface area contributed by atoms with Crippen LogP contribution < -0.4 is 5.32 Å². The van der Waals surface area contributed by atoms with Gasteiger partial charge in [-0.05, 0) is 60.5 Å². The molecule has 0 aliphatic heterocycles. The van der Waals surface area contributed by atoms with E-state index in [2.05, 4.69) is 31.2 Å². The molecule has 0 saturated heterocycles. The van der Waals surface area contributed by atoms with Gasteiger partial charge in [0.15, 0.2) is 0 Å². The predicted octanol–water partition coefficient (Wildman–Crippen LogP) is 3.91. The summed E-state index contributed by atoms with van der Waals surface area (Å²) in [7, 11) is 0. The molecular formula is C13H14BrN3. The van der Waals surface area contributed by atoms with Gasteiger partial charge in [0.1, 0.15) is 5.82 Å². The lowest BCUT2D eigenvalue weighted by Gasteiger charge is -2.09. The van der Waals surface area contributed by atoms with Crippen LogP contribution in [0.1, 0.15) is 17.0 Å². The van der Waals surface area contributed by atoms with Crippen molar-refractivity contribution in [2.24, 2.45) is 0 Å². The number of hydrogen-bond donors (Lipinski definition) is 1. The summed E-state index contributed by atoms with van der Waals surface area (Å²) in [6.45, 7) is 6.01. The van der Waals surface area contributed by atoms with Crippen LogP contribution in [-0.4, -0.2) is 9.97 Å². The van der Waals surface area contributed by atoms with E-state index in [9.17, 15) is 0 Å². The van der Waals surface area contributed by atoms with Crippen molar-refractivity contribution in [2.45, 2.75) is 20.8 Å². The van der Waals surface area contributed by atoms with E-state index in [4.69, 9.17) is 0 Å². The summed E-state index contributed by atoms with van der Waals surface area (Å²) >= 11 is 3.44. The topological polar surface area (TPSA) is 37.8 Å². The average molecular weight is 292 g/mol. The molecule has 0 spiro atoms. The highest BCUT2D eigenvalue weighted by molar-refractivity contribution is 9.10. The lowest BCUT2D eigenvalue weighted by molar-refractivity contribution is 1.12. The second-order valence-corrected chi connectivity index (χ2v) is 4.88. The third-order valence-electron chi connectivity index (χ3n) is 2.53. The van der Waals surface area contributed by atoms with Crippen LogP contribution in [0.2, 0.25) is 0 Å². The van der Waals surface area contributed by atoms with E-state index in [1.807, 2.05) is 39.0 Å². The maximum atomic E-state index is 4.41. The van der Waals surface area contributed by atoms with Crippen molar-refractivity contribution in [2.75, 3.05) is 5.32 Å². The zero-order valence-corrected chi connectivity index (χ0v) is 11.7.